The number of rotatable bonds is 9. The van der Waals surface area contributed by atoms with E-state index in [4.69, 9.17) is 4.74 Å². The van der Waals surface area contributed by atoms with Crippen molar-refractivity contribution in [3.63, 3.8) is 0 Å². The van der Waals surface area contributed by atoms with Crippen molar-refractivity contribution in [2.75, 3.05) is 43.5 Å². The van der Waals surface area contributed by atoms with Gasteiger partial charge in [0.25, 0.3) is 5.56 Å². The minimum absolute atomic E-state index is 0.0611. The van der Waals surface area contributed by atoms with Crippen molar-refractivity contribution >= 4 is 33.3 Å². The summed E-state index contributed by atoms with van der Waals surface area (Å²) >= 11 is 0. The maximum atomic E-state index is 12.9. The Balaban J connectivity index is 1.88. The summed E-state index contributed by atoms with van der Waals surface area (Å²) in [5.74, 6) is -1.06. The van der Waals surface area contributed by atoms with E-state index in [-0.39, 0.29) is 30.1 Å². The number of amides is 1. The van der Waals surface area contributed by atoms with Gasteiger partial charge in [-0.05, 0) is 37.1 Å². The second-order valence-corrected chi connectivity index (χ2v) is 9.82. The Bertz CT molecular complexity index is 1210. The van der Waals surface area contributed by atoms with E-state index in [2.05, 4.69) is 10.2 Å². The van der Waals surface area contributed by atoms with Crippen molar-refractivity contribution in [1.82, 2.24) is 8.87 Å². The number of hydrogen-bond acceptors (Lipinski definition) is 7. The lowest BCUT2D eigenvalue weighted by Crippen LogP contribution is -2.33. The van der Waals surface area contributed by atoms with Crippen LogP contribution in [0.25, 0.3) is 0 Å². The van der Waals surface area contributed by atoms with Gasteiger partial charge in [0.15, 0.2) is 0 Å². The highest BCUT2D eigenvalue weighted by Gasteiger charge is 2.23. The minimum Gasteiger partial charge on any atom is -0.465 e. The lowest BCUT2D eigenvalue weighted by atomic mass is 10.1. The van der Waals surface area contributed by atoms with Crippen LogP contribution in [-0.4, -0.2) is 62.5 Å². The van der Waals surface area contributed by atoms with E-state index in [1.807, 2.05) is 0 Å². The van der Waals surface area contributed by atoms with Crippen LogP contribution in [-0.2, 0) is 26.1 Å². The molecule has 1 fully saturated rings. The van der Waals surface area contributed by atoms with Crippen molar-refractivity contribution < 1.29 is 22.7 Å². The van der Waals surface area contributed by atoms with Crippen molar-refractivity contribution in [2.45, 2.75) is 38.1 Å². The number of hydrogen-bond donors (Lipinski definition) is 1. The number of pyridine rings is 1. The third kappa shape index (κ3) is 5.48. The number of carbonyl (C=O) groups is 2. The van der Waals surface area contributed by atoms with Crippen LogP contribution in [0.2, 0.25) is 0 Å². The topological polar surface area (TPSA) is 118 Å². The minimum atomic E-state index is -3.79. The van der Waals surface area contributed by atoms with Gasteiger partial charge in [0, 0.05) is 38.4 Å². The van der Waals surface area contributed by atoms with E-state index in [0.717, 1.165) is 42.3 Å². The van der Waals surface area contributed by atoms with Crippen LogP contribution >= 0.6 is 0 Å². The molecular weight excluding hydrogens is 460 g/mol. The van der Waals surface area contributed by atoms with Gasteiger partial charge in [0.2, 0.25) is 15.9 Å². The summed E-state index contributed by atoms with van der Waals surface area (Å²) in [5, 5.41) is 2.78. The van der Waals surface area contributed by atoms with Gasteiger partial charge in [0.05, 0.1) is 28.9 Å². The molecule has 1 aromatic carbocycles. The number of benzene rings is 1. The number of esters is 1. The molecule has 3 rings (SSSR count). The first-order valence-electron chi connectivity index (χ1n) is 11.2. The monoisotopic (exact) mass is 490 g/mol. The average Bonchev–Trinajstić information content (AvgIpc) is 3.35. The molecule has 1 N–H and O–H groups in total. The lowest BCUT2D eigenvalue weighted by molar-refractivity contribution is -0.116. The van der Waals surface area contributed by atoms with Crippen LogP contribution < -0.4 is 15.8 Å². The fourth-order valence-electron chi connectivity index (χ4n) is 3.96. The number of methoxy groups -OCH3 is 1. The number of anilines is 2. The van der Waals surface area contributed by atoms with Crippen molar-refractivity contribution in [1.29, 1.82) is 0 Å². The smallest absolute Gasteiger partial charge is 0.337 e. The van der Waals surface area contributed by atoms with Gasteiger partial charge in [-0.1, -0.05) is 13.8 Å². The SMILES string of the molecule is CCN(CC)S(=O)(=O)c1ccc(=O)n(CC(=O)Nc2cc(C(=O)OC)ccc2N2CCCC2)c1. The molecule has 1 saturated heterocycles. The quantitative estimate of drug-likeness (QED) is 0.534. The Morgan fingerprint density at radius 2 is 1.76 bits per heavy atom. The molecule has 2 heterocycles. The van der Waals surface area contributed by atoms with Gasteiger partial charge in [0.1, 0.15) is 6.54 Å². The Morgan fingerprint density at radius 1 is 1.09 bits per heavy atom. The molecule has 0 unspecified atom stereocenters. The van der Waals surface area contributed by atoms with E-state index < -0.39 is 27.5 Å². The van der Waals surface area contributed by atoms with E-state index in [0.29, 0.717) is 5.69 Å². The highest BCUT2D eigenvalue weighted by atomic mass is 32.2. The van der Waals surface area contributed by atoms with Crippen LogP contribution in [0.15, 0.2) is 46.2 Å². The van der Waals surface area contributed by atoms with Gasteiger partial charge in [-0.3, -0.25) is 9.59 Å². The molecule has 0 spiro atoms. The van der Waals surface area contributed by atoms with E-state index in [1.165, 1.54) is 23.7 Å². The van der Waals surface area contributed by atoms with E-state index in [1.54, 1.807) is 32.0 Å². The van der Waals surface area contributed by atoms with Crippen LogP contribution in [0.3, 0.4) is 0 Å². The third-order valence-electron chi connectivity index (χ3n) is 5.75. The summed E-state index contributed by atoms with van der Waals surface area (Å²) in [4.78, 5) is 39.3. The molecule has 1 amide bonds. The molecular formula is C23H30N4O6S. The predicted molar refractivity (Wildman–Crippen MR) is 129 cm³/mol. The first kappa shape index (κ1) is 25.4. The number of ether oxygens (including phenoxy) is 1. The lowest BCUT2D eigenvalue weighted by Gasteiger charge is -2.22. The summed E-state index contributed by atoms with van der Waals surface area (Å²) in [6.45, 7) is 5.29. The largest absolute Gasteiger partial charge is 0.465 e. The van der Waals surface area contributed by atoms with Crippen LogP contribution in [0, 0.1) is 0 Å². The highest BCUT2D eigenvalue weighted by Crippen LogP contribution is 2.30. The fraction of sp³-hybridized carbons (Fsp3) is 0.435. The van der Waals surface area contributed by atoms with Gasteiger partial charge in [-0.2, -0.15) is 4.31 Å². The number of aromatic nitrogens is 1. The van der Waals surface area contributed by atoms with E-state index in [9.17, 15) is 22.8 Å². The molecule has 0 saturated carbocycles. The second-order valence-electron chi connectivity index (χ2n) is 7.89. The summed E-state index contributed by atoms with van der Waals surface area (Å²) < 4.78 is 32.8. The Kier molecular flexibility index (Phi) is 8.11. The molecule has 1 aliphatic rings. The van der Waals surface area contributed by atoms with Gasteiger partial charge >= 0.3 is 5.97 Å². The predicted octanol–water partition coefficient (Wildman–Crippen LogP) is 1.90. The fourth-order valence-corrected chi connectivity index (χ4v) is 5.44. The molecule has 0 aliphatic carbocycles. The zero-order chi connectivity index (χ0) is 24.9. The molecule has 1 aromatic heterocycles. The molecule has 0 atom stereocenters. The molecule has 0 radical (unpaired) electrons. The maximum absolute atomic E-state index is 12.9. The summed E-state index contributed by atoms with van der Waals surface area (Å²) in [5.41, 5.74) is 0.973. The zero-order valence-corrected chi connectivity index (χ0v) is 20.4. The standard InChI is InChI=1S/C23H30N4O6S/c1-4-27(5-2)34(31,32)18-9-11-22(29)26(15-18)16-21(28)24-19-14-17(23(30)33-3)8-10-20(19)25-12-6-7-13-25/h8-11,14-15H,4-7,12-13,16H2,1-3H3,(H,24,28). The zero-order valence-electron chi connectivity index (χ0n) is 19.6. The first-order chi connectivity index (χ1) is 16.2. The van der Waals surface area contributed by atoms with Crippen molar-refractivity contribution in [3.05, 3.63) is 52.4 Å². The van der Waals surface area contributed by atoms with Crippen molar-refractivity contribution in [2.24, 2.45) is 0 Å². The van der Waals surface area contributed by atoms with Gasteiger partial charge < -0.3 is 19.5 Å². The number of nitrogens with one attached hydrogen (secondary N) is 1. The molecule has 34 heavy (non-hydrogen) atoms. The normalized spacial score (nSPS) is 13.8. The molecule has 184 valence electrons. The number of carbonyl (C=O) groups excluding carboxylic acids is 2. The van der Waals surface area contributed by atoms with Crippen LogP contribution in [0.1, 0.15) is 37.0 Å². The molecule has 10 nitrogen and oxygen atoms in total. The summed E-state index contributed by atoms with van der Waals surface area (Å²) in [6, 6.07) is 7.33. The number of nitrogens with zero attached hydrogens (tertiary/aromatic N) is 3. The van der Waals surface area contributed by atoms with Crippen molar-refractivity contribution in [3.8, 4) is 0 Å². The second kappa shape index (κ2) is 10.8. The molecule has 1 aliphatic heterocycles. The van der Waals surface area contributed by atoms with Gasteiger partial charge in [-0.25, -0.2) is 13.2 Å². The van der Waals surface area contributed by atoms with E-state index >= 15 is 0 Å². The molecule has 11 heteroatoms. The molecule has 0 bridgehead atoms. The number of sulfonamides is 1. The Morgan fingerprint density at radius 3 is 2.38 bits per heavy atom. The van der Waals surface area contributed by atoms with Crippen LogP contribution in [0.4, 0.5) is 11.4 Å². The molecule has 2 aromatic rings. The summed E-state index contributed by atoms with van der Waals surface area (Å²) in [7, 11) is -2.51. The Hall–Kier alpha value is -3.18. The third-order valence-corrected chi connectivity index (χ3v) is 7.79. The average molecular weight is 491 g/mol. The van der Waals surface area contributed by atoms with Crippen LogP contribution in [0.5, 0.6) is 0 Å². The summed E-state index contributed by atoms with van der Waals surface area (Å²) in [6.07, 6.45) is 3.23. The highest BCUT2D eigenvalue weighted by molar-refractivity contribution is 7.89. The first-order valence-corrected chi connectivity index (χ1v) is 12.6. The Labute approximate surface area is 199 Å². The maximum Gasteiger partial charge on any atom is 0.337 e. The van der Waals surface area contributed by atoms with Gasteiger partial charge in [-0.15, -0.1) is 0 Å².